The van der Waals surface area contributed by atoms with Crippen molar-refractivity contribution in [2.75, 3.05) is 5.73 Å². The Bertz CT molecular complexity index is 711. The summed E-state index contributed by atoms with van der Waals surface area (Å²) in [5, 5.41) is 4.49. The van der Waals surface area contributed by atoms with Gasteiger partial charge in [0, 0.05) is 12.6 Å². The number of hydrogen-bond donors (Lipinski definition) is 1. The number of anilines is 1. The third-order valence-corrected chi connectivity index (χ3v) is 3.19. The number of benzene rings is 1. The van der Waals surface area contributed by atoms with Crippen molar-refractivity contribution < 1.29 is 4.42 Å². The molecule has 4 nitrogen and oxygen atoms in total. The van der Waals surface area contributed by atoms with E-state index in [0.29, 0.717) is 5.82 Å². The first kappa shape index (κ1) is 11.6. The Morgan fingerprint density at radius 3 is 2.74 bits per heavy atom. The zero-order chi connectivity index (χ0) is 13.4. The van der Waals surface area contributed by atoms with Gasteiger partial charge in [0.1, 0.15) is 11.5 Å². The van der Waals surface area contributed by atoms with E-state index < -0.39 is 0 Å². The van der Waals surface area contributed by atoms with E-state index in [9.17, 15) is 0 Å². The molecule has 4 heteroatoms. The van der Waals surface area contributed by atoms with Gasteiger partial charge in [-0.3, -0.25) is 4.68 Å². The maximum atomic E-state index is 6.16. The molecule has 1 aromatic carbocycles. The van der Waals surface area contributed by atoms with Crippen LogP contribution in [0.1, 0.15) is 5.56 Å². The van der Waals surface area contributed by atoms with Crippen LogP contribution >= 0.6 is 0 Å². The average Bonchev–Trinajstić information content (AvgIpc) is 2.99. The van der Waals surface area contributed by atoms with Crippen LogP contribution < -0.4 is 5.73 Å². The number of nitrogens with two attached hydrogens (primary N) is 1. The fourth-order valence-electron chi connectivity index (χ4n) is 2.22. The van der Waals surface area contributed by atoms with E-state index in [2.05, 4.69) is 24.2 Å². The van der Waals surface area contributed by atoms with Crippen LogP contribution in [0.5, 0.6) is 0 Å². The zero-order valence-corrected chi connectivity index (χ0v) is 10.9. The number of aryl methyl sites for hydroxylation is 2. The van der Waals surface area contributed by atoms with Crippen LogP contribution in [-0.4, -0.2) is 9.78 Å². The number of furan rings is 1. The monoisotopic (exact) mass is 253 g/mol. The Morgan fingerprint density at radius 2 is 2.05 bits per heavy atom. The minimum atomic E-state index is 0.654. The first-order valence-electron chi connectivity index (χ1n) is 6.09. The molecule has 0 saturated heterocycles. The fourth-order valence-corrected chi connectivity index (χ4v) is 2.22. The normalized spacial score (nSPS) is 10.8. The Labute approximate surface area is 111 Å². The van der Waals surface area contributed by atoms with Crippen molar-refractivity contribution in [3.8, 4) is 22.4 Å². The lowest BCUT2D eigenvalue weighted by Gasteiger charge is -2.04. The molecule has 0 bridgehead atoms. The largest absolute Gasteiger partial charge is 0.472 e. The second-order valence-corrected chi connectivity index (χ2v) is 4.61. The summed E-state index contributed by atoms with van der Waals surface area (Å²) in [6.07, 6.45) is 3.32. The first-order chi connectivity index (χ1) is 9.16. The predicted octanol–water partition coefficient (Wildman–Crippen LogP) is 3.24. The highest BCUT2D eigenvalue weighted by atomic mass is 16.3. The highest BCUT2D eigenvalue weighted by Crippen LogP contribution is 2.36. The van der Waals surface area contributed by atoms with Gasteiger partial charge in [-0.1, -0.05) is 29.8 Å². The topological polar surface area (TPSA) is 57.0 Å². The van der Waals surface area contributed by atoms with Crippen molar-refractivity contribution in [2.45, 2.75) is 6.92 Å². The second-order valence-electron chi connectivity index (χ2n) is 4.61. The van der Waals surface area contributed by atoms with Gasteiger partial charge in [0.05, 0.1) is 18.1 Å². The molecule has 3 rings (SSSR count). The maximum absolute atomic E-state index is 6.16. The predicted molar refractivity (Wildman–Crippen MR) is 75.5 cm³/mol. The molecule has 0 radical (unpaired) electrons. The molecule has 2 heterocycles. The van der Waals surface area contributed by atoms with E-state index in [1.807, 2.05) is 25.2 Å². The molecule has 0 fully saturated rings. The molecule has 0 atom stereocenters. The summed E-state index contributed by atoms with van der Waals surface area (Å²) in [7, 11) is 1.85. The van der Waals surface area contributed by atoms with Gasteiger partial charge in [0.25, 0.3) is 0 Å². The second kappa shape index (κ2) is 4.31. The Hall–Kier alpha value is -2.49. The molecule has 0 spiro atoms. The molecule has 0 amide bonds. The summed E-state index contributed by atoms with van der Waals surface area (Å²) in [5.74, 6) is 0.654. The molecule has 0 saturated carbocycles. The Balaban J connectivity index is 2.26. The van der Waals surface area contributed by atoms with Gasteiger partial charge in [-0.25, -0.2) is 0 Å². The van der Waals surface area contributed by atoms with Crippen molar-refractivity contribution in [3.63, 3.8) is 0 Å². The van der Waals surface area contributed by atoms with Crippen LogP contribution in [0, 0.1) is 6.92 Å². The van der Waals surface area contributed by atoms with Gasteiger partial charge in [-0.2, -0.15) is 5.10 Å². The SMILES string of the molecule is Cc1cccc(-c2c(-c3ccoc3)nn(C)c2N)c1. The van der Waals surface area contributed by atoms with Crippen LogP contribution in [0.4, 0.5) is 5.82 Å². The zero-order valence-electron chi connectivity index (χ0n) is 10.9. The molecule has 19 heavy (non-hydrogen) atoms. The summed E-state index contributed by atoms with van der Waals surface area (Å²) in [4.78, 5) is 0. The van der Waals surface area contributed by atoms with Crippen LogP contribution in [0.2, 0.25) is 0 Å². The van der Waals surface area contributed by atoms with Crippen LogP contribution in [0.15, 0.2) is 47.3 Å². The number of aromatic nitrogens is 2. The molecule has 2 N–H and O–H groups in total. The minimum absolute atomic E-state index is 0.654. The van der Waals surface area contributed by atoms with Crippen LogP contribution in [0.3, 0.4) is 0 Å². The molecular weight excluding hydrogens is 238 g/mol. The van der Waals surface area contributed by atoms with Crippen molar-refractivity contribution in [1.82, 2.24) is 9.78 Å². The van der Waals surface area contributed by atoms with Gasteiger partial charge in [0.15, 0.2) is 0 Å². The third-order valence-electron chi connectivity index (χ3n) is 3.19. The Kier molecular flexibility index (Phi) is 2.63. The molecule has 3 aromatic rings. The molecule has 0 aliphatic heterocycles. The quantitative estimate of drug-likeness (QED) is 0.762. The average molecular weight is 253 g/mol. The number of nitrogen functional groups attached to an aromatic ring is 1. The van der Waals surface area contributed by atoms with Gasteiger partial charge in [-0.15, -0.1) is 0 Å². The van der Waals surface area contributed by atoms with E-state index in [1.165, 1.54) is 5.56 Å². The highest BCUT2D eigenvalue weighted by molar-refractivity contribution is 5.87. The van der Waals surface area contributed by atoms with E-state index in [-0.39, 0.29) is 0 Å². The van der Waals surface area contributed by atoms with E-state index in [4.69, 9.17) is 10.2 Å². The minimum Gasteiger partial charge on any atom is -0.472 e. The lowest BCUT2D eigenvalue weighted by atomic mass is 10.0. The summed E-state index contributed by atoms with van der Waals surface area (Å²) in [6.45, 7) is 2.06. The van der Waals surface area contributed by atoms with Gasteiger partial charge >= 0.3 is 0 Å². The number of nitrogens with zero attached hydrogens (tertiary/aromatic N) is 2. The van der Waals surface area contributed by atoms with E-state index >= 15 is 0 Å². The fraction of sp³-hybridized carbons (Fsp3) is 0.133. The number of rotatable bonds is 2. The Morgan fingerprint density at radius 1 is 1.21 bits per heavy atom. The van der Waals surface area contributed by atoms with Crippen molar-refractivity contribution >= 4 is 5.82 Å². The first-order valence-corrected chi connectivity index (χ1v) is 6.09. The van der Waals surface area contributed by atoms with Gasteiger partial charge in [-0.05, 0) is 18.6 Å². The summed E-state index contributed by atoms with van der Waals surface area (Å²) in [6, 6.07) is 10.1. The van der Waals surface area contributed by atoms with Crippen molar-refractivity contribution in [1.29, 1.82) is 0 Å². The van der Waals surface area contributed by atoms with Gasteiger partial charge in [0.2, 0.25) is 0 Å². The summed E-state index contributed by atoms with van der Waals surface area (Å²) in [5.41, 5.74) is 11.2. The standard InChI is InChI=1S/C15H15N3O/c1-10-4-3-5-11(8-10)13-14(12-6-7-19-9-12)17-18(2)15(13)16/h3-9H,16H2,1-2H3. The molecule has 0 aliphatic carbocycles. The van der Waals surface area contributed by atoms with E-state index in [1.54, 1.807) is 17.2 Å². The summed E-state index contributed by atoms with van der Waals surface area (Å²) < 4.78 is 6.84. The van der Waals surface area contributed by atoms with Crippen LogP contribution in [-0.2, 0) is 7.05 Å². The molecule has 0 unspecified atom stereocenters. The molecular formula is C15H15N3O. The van der Waals surface area contributed by atoms with Crippen LogP contribution in [0.25, 0.3) is 22.4 Å². The highest BCUT2D eigenvalue weighted by Gasteiger charge is 2.17. The number of hydrogen-bond acceptors (Lipinski definition) is 3. The van der Waals surface area contributed by atoms with E-state index in [0.717, 1.165) is 22.4 Å². The lowest BCUT2D eigenvalue weighted by molar-refractivity contribution is 0.568. The smallest absolute Gasteiger partial charge is 0.129 e. The third kappa shape index (κ3) is 1.91. The maximum Gasteiger partial charge on any atom is 0.129 e. The van der Waals surface area contributed by atoms with Gasteiger partial charge < -0.3 is 10.2 Å². The summed E-state index contributed by atoms with van der Waals surface area (Å²) >= 11 is 0. The van der Waals surface area contributed by atoms with Crippen molar-refractivity contribution in [3.05, 3.63) is 48.4 Å². The molecule has 2 aromatic heterocycles. The molecule has 0 aliphatic rings. The lowest BCUT2D eigenvalue weighted by Crippen LogP contribution is -1.98. The van der Waals surface area contributed by atoms with Crippen molar-refractivity contribution in [2.24, 2.45) is 7.05 Å². The molecule has 96 valence electrons.